The molecule has 1 aromatic rings. The van der Waals surface area contributed by atoms with Crippen molar-refractivity contribution in [2.24, 2.45) is 5.41 Å². The van der Waals surface area contributed by atoms with Crippen LogP contribution in [0.15, 0.2) is 6.07 Å². The highest BCUT2D eigenvalue weighted by Crippen LogP contribution is 2.27. The summed E-state index contributed by atoms with van der Waals surface area (Å²) >= 11 is 0. The van der Waals surface area contributed by atoms with E-state index in [2.05, 4.69) is 26.8 Å². The molecular formula is C29H48O4. The monoisotopic (exact) mass is 460 g/mol. The summed E-state index contributed by atoms with van der Waals surface area (Å²) in [6.07, 6.45) is 12.9. The van der Waals surface area contributed by atoms with Gasteiger partial charge in [-0.15, -0.1) is 0 Å². The van der Waals surface area contributed by atoms with Crippen LogP contribution in [-0.2, 0) is 27.2 Å². The minimum Gasteiger partial charge on any atom is -0.481 e. The highest BCUT2D eigenvalue weighted by atomic mass is 16.5. The van der Waals surface area contributed by atoms with Crippen LogP contribution in [0.4, 0.5) is 0 Å². The third kappa shape index (κ3) is 10.3. The average Bonchev–Trinajstić information content (AvgIpc) is 2.73. The fourth-order valence-electron chi connectivity index (χ4n) is 4.46. The van der Waals surface area contributed by atoms with Gasteiger partial charge in [-0.25, -0.2) is 0 Å². The second-order valence-electron chi connectivity index (χ2n) is 11.1. The van der Waals surface area contributed by atoms with Gasteiger partial charge in [-0.05, 0) is 121 Å². The highest BCUT2D eigenvalue weighted by Gasteiger charge is 2.25. The number of aliphatic carboxylic acids is 1. The quantitative estimate of drug-likeness (QED) is 0.191. The van der Waals surface area contributed by atoms with Gasteiger partial charge < -0.3 is 9.84 Å². The number of carbonyl (C=O) groups is 2. The van der Waals surface area contributed by atoms with E-state index in [0.29, 0.717) is 6.47 Å². The topological polar surface area (TPSA) is 63.6 Å². The fourth-order valence-corrected chi connectivity index (χ4v) is 4.46. The van der Waals surface area contributed by atoms with Crippen LogP contribution in [0.3, 0.4) is 0 Å². The number of hydrogen-bond acceptors (Lipinski definition) is 3. The Morgan fingerprint density at radius 3 is 1.70 bits per heavy atom. The SMILES string of the molecule is Cc1c(CCCCCCC(C)(C)OC=O)cc(CCCCCCC(C)(C)C(=O)O)c(C)c1C. The molecule has 0 unspecified atom stereocenters. The first-order valence-corrected chi connectivity index (χ1v) is 12.8. The first kappa shape index (κ1) is 29.2. The van der Waals surface area contributed by atoms with Gasteiger partial charge in [-0.2, -0.15) is 0 Å². The predicted octanol–water partition coefficient (Wildman–Crippen LogP) is 7.66. The highest BCUT2D eigenvalue weighted by molar-refractivity contribution is 5.73. The normalized spacial score (nSPS) is 12.1. The van der Waals surface area contributed by atoms with Crippen LogP contribution < -0.4 is 0 Å². The summed E-state index contributed by atoms with van der Waals surface area (Å²) in [5, 5.41) is 9.24. The lowest BCUT2D eigenvalue weighted by molar-refractivity contribution is -0.147. The molecule has 0 aliphatic rings. The van der Waals surface area contributed by atoms with E-state index in [0.717, 1.165) is 57.8 Å². The zero-order valence-corrected chi connectivity index (χ0v) is 22.3. The first-order valence-electron chi connectivity index (χ1n) is 12.8. The molecule has 0 radical (unpaired) electrons. The van der Waals surface area contributed by atoms with Crippen molar-refractivity contribution in [3.05, 3.63) is 33.9 Å². The molecule has 0 fully saturated rings. The summed E-state index contributed by atoms with van der Waals surface area (Å²) in [4.78, 5) is 21.8. The molecule has 188 valence electrons. The lowest BCUT2D eigenvalue weighted by Crippen LogP contribution is -2.23. The van der Waals surface area contributed by atoms with Crippen LogP contribution in [0.1, 0.15) is 120 Å². The van der Waals surface area contributed by atoms with Crippen LogP contribution in [0, 0.1) is 26.2 Å². The van der Waals surface area contributed by atoms with E-state index < -0.39 is 11.4 Å². The Morgan fingerprint density at radius 2 is 1.24 bits per heavy atom. The maximum Gasteiger partial charge on any atom is 0.309 e. The second kappa shape index (κ2) is 13.8. The molecule has 1 aromatic carbocycles. The zero-order valence-electron chi connectivity index (χ0n) is 22.3. The van der Waals surface area contributed by atoms with Crippen LogP contribution in [0.2, 0.25) is 0 Å². The molecule has 0 saturated heterocycles. The smallest absolute Gasteiger partial charge is 0.309 e. The molecule has 0 spiro atoms. The molecule has 0 saturated carbocycles. The van der Waals surface area contributed by atoms with E-state index in [1.165, 1.54) is 47.1 Å². The Morgan fingerprint density at radius 1 is 0.788 bits per heavy atom. The number of carboxylic acids is 1. The third-order valence-electron chi connectivity index (χ3n) is 7.36. The summed E-state index contributed by atoms with van der Waals surface area (Å²) in [6.45, 7) is 14.9. The van der Waals surface area contributed by atoms with Gasteiger partial charge in [0.1, 0.15) is 5.60 Å². The molecule has 0 bridgehead atoms. The van der Waals surface area contributed by atoms with Crippen LogP contribution in [0.5, 0.6) is 0 Å². The Bertz CT molecular complexity index is 761. The molecule has 0 aliphatic heterocycles. The largest absolute Gasteiger partial charge is 0.481 e. The van der Waals surface area contributed by atoms with Crippen molar-refractivity contribution in [3.8, 4) is 0 Å². The second-order valence-corrected chi connectivity index (χ2v) is 11.1. The Hall–Kier alpha value is -1.84. The van der Waals surface area contributed by atoms with Crippen molar-refractivity contribution in [3.63, 3.8) is 0 Å². The van der Waals surface area contributed by atoms with Crippen molar-refractivity contribution in [1.29, 1.82) is 0 Å². The molecular weight excluding hydrogens is 412 g/mol. The van der Waals surface area contributed by atoms with Crippen LogP contribution in [0.25, 0.3) is 0 Å². The van der Waals surface area contributed by atoms with Gasteiger partial charge in [0, 0.05) is 0 Å². The van der Waals surface area contributed by atoms with Crippen molar-refractivity contribution in [2.75, 3.05) is 0 Å². The zero-order chi connectivity index (χ0) is 25.1. The number of carbonyl (C=O) groups excluding carboxylic acids is 1. The van der Waals surface area contributed by atoms with E-state index in [1.807, 2.05) is 27.7 Å². The number of carboxylic acid groups (broad SMARTS) is 1. The fraction of sp³-hybridized carbons (Fsp3) is 0.724. The van der Waals surface area contributed by atoms with Crippen LogP contribution >= 0.6 is 0 Å². The van der Waals surface area contributed by atoms with Gasteiger partial charge in [0.15, 0.2) is 0 Å². The van der Waals surface area contributed by atoms with E-state index in [-0.39, 0.29) is 5.60 Å². The molecule has 1 N–H and O–H groups in total. The van der Waals surface area contributed by atoms with Crippen molar-refractivity contribution in [2.45, 2.75) is 131 Å². The molecule has 0 aliphatic carbocycles. The van der Waals surface area contributed by atoms with Crippen molar-refractivity contribution >= 4 is 12.4 Å². The van der Waals surface area contributed by atoms with Crippen molar-refractivity contribution in [1.82, 2.24) is 0 Å². The Kier molecular flexibility index (Phi) is 12.2. The summed E-state index contributed by atoms with van der Waals surface area (Å²) in [5.41, 5.74) is 6.30. The number of hydrogen-bond donors (Lipinski definition) is 1. The summed E-state index contributed by atoms with van der Waals surface area (Å²) < 4.78 is 5.13. The maximum atomic E-state index is 11.2. The first-order chi connectivity index (χ1) is 15.4. The number of unbranched alkanes of at least 4 members (excludes halogenated alkanes) is 6. The van der Waals surface area contributed by atoms with Gasteiger partial charge in [-0.1, -0.05) is 38.2 Å². The lowest BCUT2D eigenvalue weighted by Gasteiger charge is -2.22. The molecule has 0 heterocycles. The van der Waals surface area contributed by atoms with E-state index in [1.54, 1.807) is 0 Å². The maximum absolute atomic E-state index is 11.2. The minimum absolute atomic E-state index is 0.353. The molecule has 4 nitrogen and oxygen atoms in total. The molecule has 0 atom stereocenters. The number of ether oxygens (including phenoxy) is 1. The average molecular weight is 461 g/mol. The lowest BCUT2D eigenvalue weighted by atomic mass is 9.86. The summed E-state index contributed by atoms with van der Waals surface area (Å²) in [5.74, 6) is -0.698. The summed E-state index contributed by atoms with van der Waals surface area (Å²) in [6, 6.07) is 2.44. The van der Waals surface area contributed by atoms with Gasteiger partial charge in [0.05, 0.1) is 5.41 Å². The van der Waals surface area contributed by atoms with E-state index in [9.17, 15) is 14.7 Å². The Balaban J connectivity index is 2.47. The van der Waals surface area contributed by atoms with E-state index in [4.69, 9.17) is 4.74 Å². The molecule has 0 aromatic heterocycles. The Labute approximate surface area is 202 Å². The predicted molar refractivity (Wildman–Crippen MR) is 137 cm³/mol. The van der Waals surface area contributed by atoms with Gasteiger partial charge in [0.2, 0.25) is 0 Å². The van der Waals surface area contributed by atoms with Gasteiger partial charge in [-0.3, -0.25) is 9.59 Å². The molecule has 4 heteroatoms. The number of benzene rings is 1. The molecule has 33 heavy (non-hydrogen) atoms. The minimum atomic E-state index is -0.698. The van der Waals surface area contributed by atoms with Gasteiger partial charge in [0.25, 0.3) is 6.47 Å². The van der Waals surface area contributed by atoms with Crippen molar-refractivity contribution < 1.29 is 19.4 Å². The number of rotatable bonds is 17. The standard InChI is InChI=1S/C29H48O4/c1-22-23(2)25(16-12-8-10-14-18-28(4,5)27(31)32)20-26(24(22)3)17-13-9-11-15-19-29(6,7)33-21-30/h20-21H,8-19H2,1-7H3,(H,31,32). The summed E-state index contributed by atoms with van der Waals surface area (Å²) in [7, 11) is 0. The molecule has 0 amide bonds. The third-order valence-corrected chi connectivity index (χ3v) is 7.36. The molecule has 1 rings (SSSR count). The van der Waals surface area contributed by atoms with Gasteiger partial charge >= 0.3 is 5.97 Å². The number of aryl methyl sites for hydroxylation is 2. The van der Waals surface area contributed by atoms with Crippen LogP contribution in [-0.4, -0.2) is 23.1 Å². The van der Waals surface area contributed by atoms with E-state index >= 15 is 0 Å².